The maximum atomic E-state index is 11.0. The summed E-state index contributed by atoms with van der Waals surface area (Å²) in [5, 5.41) is 14.2. The van der Waals surface area contributed by atoms with E-state index in [4.69, 9.17) is 0 Å². The number of nitro groups is 1. The van der Waals surface area contributed by atoms with E-state index in [2.05, 4.69) is 38.0 Å². The molecule has 0 radical (unpaired) electrons. The van der Waals surface area contributed by atoms with Crippen molar-refractivity contribution >= 4 is 11.6 Å². The summed E-state index contributed by atoms with van der Waals surface area (Å²) < 4.78 is 1.74. The molecule has 1 fully saturated rings. The Balaban J connectivity index is 2.16. The number of nitrogens with zero attached hydrogens (tertiary/aromatic N) is 3. The summed E-state index contributed by atoms with van der Waals surface area (Å²) in [7, 11) is 1.79. The summed E-state index contributed by atoms with van der Waals surface area (Å²) in [6.07, 6.45) is 0. The lowest BCUT2D eigenvalue weighted by atomic mass is 10.0. The third kappa shape index (κ3) is 1.89. The number of rotatable bonds is 4. The summed E-state index contributed by atoms with van der Waals surface area (Å²) in [5.74, 6) is 1.57. The van der Waals surface area contributed by atoms with Gasteiger partial charge in [-0.2, -0.15) is 0 Å². The van der Waals surface area contributed by atoms with Crippen LogP contribution in [-0.2, 0) is 7.05 Å². The number of nitrogens with one attached hydrogen (secondary N) is 1. The van der Waals surface area contributed by atoms with Gasteiger partial charge in [0, 0.05) is 20.5 Å². The van der Waals surface area contributed by atoms with E-state index in [0.717, 1.165) is 6.54 Å². The second-order valence-electron chi connectivity index (χ2n) is 6.52. The van der Waals surface area contributed by atoms with Crippen LogP contribution in [0, 0.1) is 33.8 Å². The van der Waals surface area contributed by atoms with E-state index in [1.165, 1.54) is 0 Å². The molecule has 1 N–H and O–H groups in total. The SMILES string of the molecule is Cc1nc([N+](=O)[O-])c(NCC2C(C)(C)C2(C)C)n1C. The van der Waals surface area contributed by atoms with Gasteiger partial charge < -0.3 is 15.4 Å². The molecule has 2 rings (SSSR count). The molecule has 1 aliphatic rings. The van der Waals surface area contributed by atoms with Crippen LogP contribution in [-0.4, -0.2) is 21.0 Å². The van der Waals surface area contributed by atoms with Gasteiger partial charge in [0.15, 0.2) is 0 Å². The smallest absolute Gasteiger partial charge is 0.364 e. The van der Waals surface area contributed by atoms with Gasteiger partial charge in [0.05, 0.1) is 0 Å². The Morgan fingerprint density at radius 3 is 2.32 bits per heavy atom. The average molecular weight is 266 g/mol. The summed E-state index contributed by atoms with van der Waals surface area (Å²) in [6.45, 7) is 11.5. The molecular weight excluding hydrogens is 244 g/mol. The van der Waals surface area contributed by atoms with Crippen LogP contribution in [0.3, 0.4) is 0 Å². The van der Waals surface area contributed by atoms with Gasteiger partial charge in [-0.15, -0.1) is 0 Å². The third-order valence-electron chi connectivity index (χ3n) is 5.27. The highest BCUT2D eigenvalue weighted by Gasteiger charge is 2.64. The van der Waals surface area contributed by atoms with Crippen LogP contribution >= 0.6 is 0 Å². The number of aromatic nitrogens is 2. The lowest BCUT2D eigenvalue weighted by Crippen LogP contribution is -2.12. The van der Waals surface area contributed by atoms with E-state index in [1.807, 2.05) is 0 Å². The molecule has 106 valence electrons. The molecule has 6 nitrogen and oxygen atoms in total. The molecule has 19 heavy (non-hydrogen) atoms. The highest BCUT2D eigenvalue weighted by atomic mass is 16.6. The number of hydrogen-bond donors (Lipinski definition) is 1. The molecule has 1 aromatic rings. The second-order valence-corrected chi connectivity index (χ2v) is 6.52. The Hall–Kier alpha value is -1.59. The maximum Gasteiger partial charge on any atom is 0.406 e. The van der Waals surface area contributed by atoms with E-state index in [-0.39, 0.29) is 16.6 Å². The van der Waals surface area contributed by atoms with Crippen LogP contribution in [0.1, 0.15) is 33.5 Å². The zero-order chi connectivity index (χ0) is 14.6. The van der Waals surface area contributed by atoms with Crippen molar-refractivity contribution in [1.82, 2.24) is 9.55 Å². The van der Waals surface area contributed by atoms with Crippen LogP contribution in [0.25, 0.3) is 0 Å². The van der Waals surface area contributed by atoms with Crippen molar-refractivity contribution < 1.29 is 4.92 Å². The topological polar surface area (TPSA) is 73.0 Å². The minimum atomic E-state index is -0.432. The molecule has 1 aromatic heterocycles. The van der Waals surface area contributed by atoms with Crippen molar-refractivity contribution in [3.8, 4) is 0 Å². The summed E-state index contributed by atoms with van der Waals surface area (Å²) in [4.78, 5) is 14.5. The lowest BCUT2D eigenvalue weighted by molar-refractivity contribution is -0.388. The van der Waals surface area contributed by atoms with Crippen molar-refractivity contribution in [3.05, 3.63) is 15.9 Å². The minimum Gasteiger partial charge on any atom is -0.364 e. The van der Waals surface area contributed by atoms with Gasteiger partial charge in [0.1, 0.15) is 0 Å². The highest BCUT2D eigenvalue weighted by molar-refractivity contribution is 5.53. The van der Waals surface area contributed by atoms with Crippen molar-refractivity contribution in [2.45, 2.75) is 34.6 Å². The third-order valence-corrected chi connectivity index (χ3v) is 5.27. The molecule has 0 aliphatic heterocycles. The van der Waals surface area contributed by atoms with Gasteiger partial charge in [-0.05, 0) is 26.7 Å². The van der Waals surface area contributed by atoms with Crippen molar-refractivity contribution in [3.63, 3.8) is 0 Å². The minimum absolute atomic E-state index is 0.0868. The molecule has 0 spiro atoms. The molecule has 0 saturated heterocycles. The van der Waals surface area contributed by atoms with E-state index in [1.54, 1.807) is 18.5 Å². The number of anilines is 1. The first kappa shape index (κ1) is 13.8. The number of hydrogen-bond acceptors (Lipinski definition) is 4. The molecule has 1 aliphatic carbocycles. The van der Waals surface area contributed by atoms with Crippen LogP contribution in [0.2, 0.25) is 0 Å². The van der Waals surface area contributed by atoms with Gasteiger partial charge in [0.2, 0.25) is 11.6 Å². The largest absolute Gasteiger partial charge is 0.406 e. The van der Waals surface area contributed by atoms with Gasteiger partial charge >= 0.3 is 5.82 Å². The summed E-state index contributed by atoms with van der Waals surface area (Å²) in [6, 6.07) is 0. The zero-order valence-corrected chi connectivity index (χ0v) is 12.4. The predicted molar refractivity (Wildman–Crippen MR) is 74.1 cm³/mol. The molecular formula is C13H22N4O2. The fourth-order valence-corrected chi connectivity index (χ4v) is 2.96. The molecule has 1 heterocycles. The monoisotopic (exact) mass is 266 g/mol. The van der Waals surface area contributed by atoms with E-state index >= 15 is 0 Å². The maximum absolute atomic E-state index is 11.0. The van der Waals surface area contributed by atoms with Gasteiger partial charge in [-0.3, -0.25) is 4.57 Å². The van der Waals surface area contributed by atoms with E-state index in [9.17, 15) is 10.1 Å². The van der Waals surface area contributed by atoms with Crippen LogP contribution in [0.15, 0.2) is 0 Å². The van der Waals surface area contributed by atoms with Crippen molar-refractivity contribution in [2.24, 2.45) is 23.8 Å². The van der Waals surface area contributed by atoms with Crippen LogP contribution in [0.5, 0.6) is 0 Å². The molecule has 0 bridgehead atoms. The average Bonchev–Trinajstić information content (AvgIpc) is 2.52. The standard InChI is InChI=1S/C13H22N4O2/c1-8-15-11(17(18)19)10(16(8)6)14-7-9-12(2,3)13(9,4)5/h9,14H,7H2,1-6H3. The number of aryl methyl sites for hydroxylation is 1. The fourth-order valence-electron chi connectivity index (χ4n) is 2.96. The first-order chi connectivity index (χ1) is 8.60. The second kappa shape index (κ2) is 3.95. The Bertz CT molecular complexity index is 517. The molecule has 0 unspecified atom stereocenters. The van der Waals surface area contributed by atoms with Gasteiger partial charge in [0.25, 0.3) is 0 Å². The molecule has 6 heteroatoms. The van der Waals surface area contributed by atoms with Crippen LogP contribution < -0.4 is 5.32 Å². The van der Waals surface area contributed by atoms with Gasteiger partial charge in [-0.1, -0.05) is 27.7 Å². The van der Waals surface area contributed by atoms with E-state index in [0.29, 0.717) is 17.6 Å². The Kier molecular flexibility index (Phi) is 2.88. The normalized spacial score (nSPS) is 20.3. The quantitative estimate of drug-likeness (QED) is 0.671. The first-order valence-corrected chi connectivity index (χ1v) is 6.52. The van der Waals surface area contributed by atoms with Crippen molar-refractivity contribution in [1.29, 1.82) is 0 Å². The summed E-state index contributed by atoms with van der Waals surface area (Å²) in [5.41, 5.74) is 0.533. The van der Waals surface area contributed by atoms with Crippen molar-refractivity contribution in [2.75, 3.05) is 11.9 Å². The Morgan fingerprint density at radius 2 is 1.89 bits per heavy atom. The molecule has 0 amide bonds. The Labute approximate surface area is 113 Å². The lowest BCUT2D eigenvalue weighted by Gasteiger charge is -2.07. The molecule has 0 aromatic carbocycles. The Morgan fingerprint density at radius 1 is 1.37 bits per heavy atom. The van der Waals surface area contributed by atoms with E-state index < -0.39 is 4.92 Å². The predicted octanol–water partition coefficient (Wildman–Crippen LogP) is 2.73. The number of imidazole rings is 1. The molecule has 1 saturated carbocycles. The highest BCUT2D eigenvalue weighted by Crippen LogP contribution is 2.68. The van der Waals surface area contributed by atoms with Gasteiger partial charge in [-0.25, -0.2) is 0 Å². The van der Waals surface area contributed by atoms with Crippen LogP contribution in [0.4, 0.5) is 11.6 Å². The molecule has 0 atom stereocenters. The fraction of sp³-hybridized carbons (Fsp3) is 0.769. The summed E-state index contributed by atoms with van der Waals surface area (Å²) >= 11 is 0. The first-order valence-electron chi connectivity index (χ1n) is 6.52. The zero-order valence-electron chi connectivity index (χ0n) is 12.4.